The van der Waals surface area contributed by atoms with Gasteiger partial charge in [0.15, 0.2) is 17.5 Å². The number of hydrogen-bond donors (Lipinski definition) is 2. The minimum atomic E-state index is -1.51. The van der Waals surface area contributed by atoms with E-state index in [0.717, 1.165) is 16.7 Å². The first-order valence-electron chi connectivity index (χ1n) is 9.77. The summed E-state index contributed by atoms with van der Waals surface area (Å²) in [6.45, 7) is 1.30. The lowest BCUT2D eigenvalue weighted by Crippen LogP contribution is -2.52. The molecule has 1 atom stereocenters. The average Bonchev–Trinajstić information content (AvgIpc) is 2.75. The van der Waals surface area contributed by atoms with Gasteiger partial charge in [-0.3, -0.25) is 24.0 Å². The molecule has 0 saturated carbocycles. The minimum Gasteiger partial charge on any atom is -0.480 e. The summed E-state index contributed by atoms with van der Waals surface area (Å²) in [6.07, 6.45) is 0.0392. The van der Waals surface area contributed by atoms with Crippen LogP contribution in [0, 0.1) is 5.92 Å². The van der Waals surface area contributed by atoms with Crippen LogP contribution in [-0.4, -0.2) is 52.4 Å². The van der Waals surface area contributed by atoms with Gasteiger partial charge in [-0.1, -0.05) is 48.5 Å². The molecule has 8 heteroatoms. The average molecular weight is 422 g/mol. The van der Waals surface area contributed by atoms with E-state index in [-0.39, 0.29) is 25.3 Å². The number of ketones is 2. The molecule has 2 aromatic rings. The van der Waals surface area contributed by atoms with Crippen LogP contribution in [0.4, 0.5) is 0 Å². The number of carboxylic acids is 1. The van der Waals surface area contributed by atoms with E-state index in [2.05, 4.69) is 5.32 Å². The molecule has 2 amide bonds. The Bertz CT molecular complexity index is 1030. The third-order valence-corrected chi connectivity index (χ3v) is 5.14. The highest BCUT2D eigenvalue weighted by Crippen LogP contribution is 2.23. The van der Waals surface area contributed by atoms with Crippen molar-refractivity contribution in [3.05, 3.63) is 59.7 Å². The lowest BCUT2D eigenvalue weighted by Gasteiger charge is -2.30. The number of benzene rings is 2. The van der Waals surface area contributed by atoms with Crippen LogP contribution in [0.25, 0.3) is 11.1 Å². The molecule has 0 bridgehead atoms. The Balaban J connectivity index is 1.68. The highest BCUT2D eigenvalue weighted by atomic mass is 16.4. The summed E-state index contributed by atoms with van der Waals surface area (Å²) in [5.74, 6) is -4.77. The van der Waals surface area contributed by atoms with Gasteiger partial charge in [-0.05, 0) is 23.6 Å². The molecule has 1 saturated heterocycles. The number of aliphatic carboxylic acids is 1. The zero-order valence-corrected chi connectivity index (χ0v) is 17.0. The maximum atomic E-state index is 12.7. The van der Waals surface area contributed by atoms with Gasteiger partial charge < -0.3 is 15.3 Å². The van der Waals surface area contributed by atoms with Crippen molar-refractivity contribution in [3.8, 4) is 11.1 Å². The number of hydrogen-bond acceptors (Lipinski definition) is 5. The van der Waals surface area contributed by atoms with Gasteiger partial charge in [0.2, 0.25) is 11.8 Å². The molecule has 160 valence electrons. The van der Waals surface area contributed by atoms with Crippen LogP contribution < -0.4 is 5.32 Å². The fourth-order valence-corrected chi connectivity index (χ4v) is 3.42. The van der Waals surface area contributed by atoms with Crippen LogP contribution in [0.1, 0.15) is 29.3 Å². The number of amides is 2. The van der Waals surface area contributed by atoms with Crippen molar-refractivity contribution in [3.63, 3.8) is 0 Å². The minimum absolute atomic E-state index is 0.00141. The standard InChI is InChI=1S/C23H22N2O6/c1-14(26)16-6-8-18(9-7-16)17-4-2-15(3-5-17)13-25-11-10-19(27)21(23(25)31)22(30)24-12-20(28)29/h2-9,21H,10-13H2,1H3,(H,24,30)(H,28,29). The molecule has 1 aliphatic rings. The number of likely N-dealkylation sites (tertiary alicyclic amines) is 1. The molecule has 0 aromatic heterocycles. The molecule has 8 nitrogen and oxygen atoms in total. The topological polar surface area (TPSA) is 121 Å². The molecular weight excluding hydrogens is 400 g/mol. The molecule has 2 N–H and O–H groups in total. The van der Waals surface area contributed by atoms with Crippen LogP contribution in [-0.2, 0) is 25.7 Å². The Kier molecular flexibility index (Phi) is 6.59. The van der Waals surface area contributed by atoms with Crippen LogP contribution in [0.2, 0.25) is 0 Å². The molecule has 1 unspecified atom stereocenters. The predicted molar refractivity (Wildman–Crippen MR) is 111 cm³/mol. The van der Waals surface area contributed by atoms with Crippen molar-refractivity contribution < 1.29 is 29.1 Å². The molecular formula is C23H22N2O6. The summed E-state index contributed by atoms with van der Waals surface area (Å²) in [5.41, 5.74) is 3.37. The lowest BCUT2D eigenvalue weighted by molar-refractivity contribution is -0.152. The van der Waals surface area contributed by atoms with Crippen molar-refractivity contribution in [1.29, 1.82) is 0 Å². The maximum Gasteiger partial charge on any atom is 0.322 e. The van der Waals surface area contributed by atoms with Crippen molar-refractivity contribution in [2.24, 2.45) is 5.92 Å². The molecule has 0 radical (unpaired) electrons. The first-order valence-corrected chi connectivity index (χ1v) is 9.77. The highest BCUT2D eigenvalue weighted by molar-refractivity contribution is 6.19. The summed E-state index contributed by atoms with van der Waals surface area (Å²) in [7, 11) is 0. The fourth-order valence-electron chi connectivity index (χ4n) is 3.42. The van der Waals surface area contributed by atoms with E-state index < -0.39 is 36.0 Å². The normalized spacial score (nSPS) is 16.2. The maximum absolute atomic E-state index is 12.7. The summed E-state index contributed by atoms with van der Waals surface area (Å²) in [4.78, 5) is 60.3. The number of carbonyl (C=O) groups excluding carboxylic acids is 4. The van der Waals surface area contributed by atoms with Gasteiger partial charge in [0.25, 0.3) is 0 Å². The number of nitrogens with one attached hydrogen (secondary N) is 1. The van der Waals surface area contributed by atoms with Crippen molar-refractivity contribution in [2.45, 2.75) is 19.9 Å². The van der Waals surface area contributed by atoms with Crippen LogP contribution in [0.3, 0.4) is 0 Å². The van der Waals surface area contributed by atoms with Crippen LogP contribution in [0.15, 0.2) is 48.5 Å². The highest BCUT2D eigenvalue weighted by Gasteiger charge is 2.40. The number of Topliss-reactive ketones (excluding diaryl/α,β-unsaturated/α-hetero) is 2. The quantitative estimate of drug-likeness (QED) is 0.517. The van der Waals surface area contributed by atoms with E-state index >= 15 is 0 Å². The SMILES string of the molecule is CC(=O)c1ccc(-c2ccc(CN3CCC(=O)C(C(=O)NCC(=O)O)C3=O)cc2)cc1. The van der Waals surface area contributed by atoms with Gasteiger partial charge >= 0.3 is 5.97 Å². The Labute approximate surface area is 178 Å². The van der Waals surface area contributed by atoms with Crippen molar-refractivity contribution >= 4 is 29.4 Å². The first kappa shape index (κ1) is 21.9. The van der Waals surface area contributed by atoms with E-state index in [0.29, 0.717) is 5.56 Å². The summed E-state index contributed by atoms with van der Waals surface area (Å²) < 4.78 is 0. The third kappa shape index (κ3) is 5.22. The van der Waals surface area contributed by atoms with E-state index in [9.17, 15) is 24.0 Å². The van der Waals surface area contributed by atoms with Crippen molar-refractivity contribution in [2.75, 3.05) is 13.1 Å². The molecule has 3 rings (SSSR count). The predicted octanol–water partition coefficient (Wildman–Crippen LogP) is 1.67. The molecule has 0 aliphatic carbocycles. The van der Waals surface area contributed by atoms with Gasteiger partial charge in [-0.2, -0.15) is 0 Å². The molecule has 1 fully saturated rings. The van der Waals surface area contributed by atoms with E-state index in [1.54, 1.807) is 12.1 Å². The van der Waals surface area contributed by atoms with Gasteiger partial charge in [-0.25, -0.2) is 0 Å². The lowest BCUT2D eigenvalue weighted by atomic mass is 9.94. The third-order valence-electron chi connectivity index (χ3n) is 5.14. The second kappa shape index (κ2) is 9.34. The second-order valence-electron chi connectivity index (χ2n) is 7.35. The smallest absolute Gasteiger partial charge is 0.322 e. The monoisotopic (exact) mass is 422 g/mol. The molecule has 1 heterocycles. The number of rotatable bonds is 7. The van der Waals surface area contributed by atoms with Gasteiger partial charge in [0.1, 0.15) is 6.54 Å². The number of piperidine rings is 1. The number of carboxylic acid groups (broad SMARTS) is 1. The first-order chi connectivity index (χ1) is 14.8. The van der Waals surface area contributed by atoms with E-state index in [1.807, 2.05) is 36.4 Å². The largest absolute Gasteiger partial charge is 0.480 e. The molecule has 2 aromatic carbocycles. The zero-order valence-electron chi connectivity index (χ0n) is 17.0. The van der Waals surface area contributed by atoms with Gasteiger partial charge in [0, 0.05) is 25.1 Å². The van der Waals surface area contributed by atoms with Crippen molar-refractivity contribution in [1.82, 2.24) is 10.2 Å². The summed E-state index contributed by atoms with van der Waals surface area (Å²) in [6, 6.07) is 14.8. The Morgan fingerprint density at radius 2 is 1.58 bits per heavy atom. The summed E-state index contributed by atoms with van der Waals surface area (Å²) >= 11 is 0. The van der Waals surface area contributed by atoms with E-state index in [1.165, 1.54) is 11.8 Å². The molecule has 0 spiro atoms. The Morgan fingerprint density at radius 3 is 2.13 bits per heavy atom. The Morgan fingerprint density at radius 1 is 1.00 bits per heavy atom. The zero-order chi connectivity index (χ0) is 22.5. The van der Waals surface area contributed by atoms with Gasteiger partial charge in [0.05, 0.1) is 0 Å². The van der Waals surface area contributed by atoms with Gasteiger partial charge in [-0.15, -0.1) is 0 Å². The Hall–Kier alpha value is -3.81. The summed E-state index contributed by atoms with van der Waals surface area (Å²) in [5, 5.41) is 10.8. The van der Waals surface area contributed by atoms with E-state index in [4.69, 9.17) is 5.11 Å². The second-order valence-corrected chi connectivity index (χ2v) is 7.35. The fraction of sp³-hybridized carbons (Fsp3) is 0.261. The molecule has 1 aliphatic heterocycles. The van der Waals surface area contributed by atoms with Crippen LogP contribution in [0.5, 0.6) is 0 Å². The molecule has 31 heavy (non-hydrogen) atoms. The van der Waals surface area contributed by atoms with Crippen LogP contribution >= 0.6 is 0 Å². The number of nitrogens with zero attached hydrogens (tertiary/aromatic N) is 1. The number of carbonyl (C=O) groups is 5.